The number of Topliss-reactive ketones (excluding diaryl/α,β-unsaturated/α-hetero) is 1. The molecule has 0 bridgehead atoms. The van der Waals surface area contributed by atoms with Crippen LogP contribution in [0.5, 0.6) is 0 Å². The van der Waals surface area contributed by atoms with Crippen LogP contribution in [0.2, 0.25) is 0 Å². The first-order valence-electron chi connectivity index (χ1n) is 4.14. The fourth-order valence-corrected chi connectivity index (χ4v) is 1.50. The number of pyridine rings is 1. The minimum absolute atomic E-state index is 0.0716. The molecule has 3 heteroatoms. The van der Waals surface area contributed by atoms with Crippen molar-refractivity contribution < 1.29 is 4.79 Å². The zero-order chi connectivity index (χ0) is 9.42. The van der Waals surface area contributed by atoms with E-state index >= 15 is 0 Å². The molecule has 0 aliphatic heterocycles. The van der Waals surface area contributed by atoms with Gasteiger partial charge in [-0.05, 0) is 25.5 Å². The number of nitrogens with zero attached hydrogens (tertiary/aromatic N) is 1. The Morgan fingerprint density at radius 3 is 3.00 bits per heavy atom. The molecule has 3 nitrogen and oxygen atoms in total. The maximum absolute atomic E-state index is 11.2. The summed E-state index contributed by atoms with van der Waals surface area (Å²) in [6.07, 6.45) is 3.45. The second-order valence-electron chi connectivity index (χ2n) is 3.11. The quantitative estimate of drug-likeness (QED) is 0.673. The lowest BCUT2D eigenvalue weighted by Crippen LogP contribution is -1.90. The molecule has 0 amide bonds. The van der Waals surface area contributed by atoms with Gasteiger partial charge in [0, 0.05) is 23.3 Å². The van der Waals surface area contributed by atoms with Crippen molar-refractivity contribution >= 4 is 16.8 Å². The van der Waals surface area contributed by atoms with Gasteiger partial charge in [0.2, 0.25) is 0 Å². The predicted octanol–water partition coefficient (Wildman–Crippen LogP) is 2.07. The number of H-pyrrole nitrogens is 1. The van der Waals surface area contributed by atoms with Gasteiger partial charge in [0.25, 0.3) is 0 Å². The second-order valence-corrected chi connectivity index (χ2v) is 3.11. The Bertz CT molecular complexity index is 471. The highest BCUT2D eigenvalue weighted by molar-refractivity contribution is 6.06. The van der Waals surface area contributed by atoms with Gasteiger partial charge in [-0.2, -0.15) is 0 Å². The van der Waals surface area contributed by atoms with Crippen LogP contribution >= 0.6 is 0 Å². The van der Waals surface area contributed by atoms with Crippen LogP contribution in [-0.4, -0.2) is 15.8 Å². The van der Waals surface area contributed by atoms with E-state index in [1.807, 2.05) is 13.0 Å². The molecule has 0 aliphatic carbocycles. The zero-order valence-electron chi connectivity index (χ0n) is 7.59. The standard InChI is InChI=1S/C10H10N2O/c1-6-3-4-11-10-9(6)8(5-12-10)7(2)13/h3-5H,1-2H3,(H,11,12). The number of aromatic nitrogens is 2. The zero-order valence-corrected chi connectivity index (χ0v) is 7.59. The van der Waals surface area contributed by atoms with Gasteiger partial charge in [-0.1, -0.05) is 0 Å². The molecule has 1 N–H and O–H groups in total. The molecule has 0 spiro atoms. The fraction of sp³-hybridized carbons (Fsp3) is 0.200. The van der Waals surface area contributed by atoms with E-state index in [1.165, 1.54) is 0 Å². The normalized spacial score (nSPS) is 10.6. The highest BCUT2D eigenvalue weighted by Gasteiger charge is 2.09. The average Bonchev–Trinajstić information content (AvgIpc) is 2.49. The summed E-state index contributed by atoms with van der Waals surface area (Å²) in [5.74, 6) is 0.0716. The summed E-state index contributed by atoms with van der Waals surface area (Å²) in [4.78, 5) is 18.3. The van der Waals surface area contributed by atoms with Crippen molar-refractivity contribution in [2.45, 2.75) is 13.8 Å². The number of nitrogens with one attached hydrogen (secondary N) is 1. The van der Waals surface area contributed by atoms with E-state index in [0.717, 1.165) is 22.2 Å². The smallest absolute Gasteiger partial charge is 0.162 e. The van der Waals surface area contributed by atoms with Gasteiger partial charge in [0.15, 0.2) is 5.78 Å². The molecule has 0 aromatic carbocycles. The van der Waals surface area contributed by atoms with Crippen LogP contribution in [0.4, 0.5) is 0 Å². The van der Waals surface area contributed by atoms with E-state index in [9.17, 15) is 4.79 Å². The third kappa shape index (κ3) is 1.13. The Balaban J connectivity index is 2.86. The summed E-state index contributed by atoms with van der Waals surface area (Å²) in [7, 11) is 0. The lowest BCUT2D eigenvalue weighted by Gasteiger charge is -1.96. The van der Waals surface area contributed by atoms with Crippen molar-refractivity contribution in [2.24, 2.45) is 0 Å². The van der Waals surface area contributed by atoms with Crippen molar-refractivity contribution in [3.8, 4) is 0 Å². The molecule has 2 aromatic heterocycles. The van der Waals surface area contributed by atoms with Crippen LogP contribution < -0.4 is 0 Å². The molecular formula is C10H10N2O. The Hall–Kier alpha value is -1.64. The number of rotatable bonds is 1. The molecule has 66 valence electrons. The van der Waals surface area contributed by atoms with E-state index in [-0.39, 0.29) is 5.78 Å². The highest BCUT2D eigenvalue weighted by atomic mass is 16.1. The molecule has 0 radical (unpaired) electrons. The van der Waals surface area contributed by atoms with Crippen LogP contribution in [0, 0.1) is 6.92 Å². The number of aromatic amines is 1. The molecule has 2 rings (SSSR count). The first-order valence-corrected chi connectivity index (χ1v) is 4.14. The maximum Gasteiger partial charge on any atom is 0.162 e. The lowest BCUT2D eigenvalue weighted by atomic mass is 10.1. The topological polar surface area (TPSA) is 45.8 Å². The summed E-state index contributed by atoms with van der Waals surface area (Å²) >= 11 is 0. The van der Waals surface area contributed by atoms with E-state index < -0.39 is 0 Å². The van der Waals surface area contributed by atoms with E-state index in [1.54, 1.807) is 19.3 Å². The van der Waals surface area contributed by atoms with Crippen molar-refractivity contribution in [2.75, 3.05) is 0 Å². The average molecular weight is 174 g/mol. The summed E-state index contributed by atoms with van der Waals surface area (Å²) < 4.78 is 0. The van der Waals surface area contributed by atoms with Crippen molar-refractivity contribution in [3.05, 3.63) is 29.6 Å². The molecule has 0 unspecified atom stereocenters. The molecule has 0 aliphatic rings. The SMILES string of the molecule is CC(=O)c1c[nH]c2nccc(C)c12. The molecule has 0 saturated carbocycles. The van der Waals surface area contributed by atoms with Crippen molar-refractivity contribution in [1.29, 1.82) is 0 Å². The van der Waals surface area contributed by atoms with Gasteiger partial charge in [-0.25, -0.2) is 4.98 Å². The van der Waals surface area contributed by atoms with E-state index in [2.05, 4.69) is 9.97 Å². The van der Waals surface area contributed by atoms with Gasteiger partial charge >= 0.3 is 0 Å². The van der Waals surface area contributed by atoms with Gasteiger partial charge < -0.3 is 4.98 Å². The number of hydrogen-bond acceptors (Lipinski definition) is 2. The number of carbonyl (C=O) groups is 1. The largest absolute Gasteiger partial charge is 0.345 e. The minimum Gasteiger partial charge on any atom is -0.345 e. The lowest BCUT2D eigenvalue weighted by molar-refractivity contribution is 0.101. The maximum atomic E-state index is 11.2. The number of aryl methyl sites for hydroxylation is 1. The van der Waals surface area contributed by atoms with Crippen LogP contribution in [0.15, 0.2) is 18.5 Å². The van der Waals surface area contributed by atoms with Crippen LogP contribution in [0.3, 0.4) is 0 Å². The van der Waals surface area contributed by atoms with Gasteiger partial charge in [0.1, 0.15) is 5.65 Å². The monoisotopic (exact) mass is 174 g/mol. The first kappa shape index (κ1) is 7.98. The Morgan fingerprint density at radius 2 is 2.31 bits per heavy atom. The summed E-state index contributed by atoms with van der Waals surface area (Å²) in [5.41, 5.74) is 2.59. The van der Waals surface area contributed by atoms with Crippen molar-refractivity contribution in [3.63, 3.8) is 0 Å². The molecule has 2 aromatic rings. The van der Waals surface area contributed by atoms with Crippen LogP contribution in [-0.2, 0) is 0 Å². The fourth-order valence-electron chi connectivity index (χ4n) is 1.50. The molecule has 0 fully saturated rings. The highest BCUT2D eigenvalue weighted by Crippen LogP contribution is 2.20. The second kappa shape index (κ2) is 2.69. The molecule has 2 heterocycles. The predicted molar refractivity (Wildman–Crippen MR) is 50.8 cm³/mol. The third-order valence-electron chi connectivity index (χ3n) is 2.16. The van der Waals surface area contributed by atoms with Crippen LogP contribution in [0.1, 0.15) is 22.8 Å². The molecule has 0 atom stereocenters. The summed E-state index contributed by atoms with van der Waals surface area (Å²) in [6, 6.07) is 1.91. The first-order chi connectivity index (χ1) is 6.20. The Labute approximate surface area is 75.8 Å². The van der Waals surface area contributed by atoms with Crippen LogP contribution in [0.25, 0.3) is 11.0 Å². The van der Waals surface area contributed by atoms with E-state index in [0.29, 0.717) is 0 Å². The third-order valence-corrected chi connectivity index (χ3v) is 2.16. The van der Waals surface area contributed by atoms with E-state index in [4.69, 9.17) is 0 Å². The number of hydrogen-bond donors (Lipinski definition) is 1. The van der Waals surface area contributed by atoms with Gasteiger partial charge in [0.05, 0.1) is 0 Å². The minimum atomic E-state index is 0.0716. The number of carbonyl (C=O) groups excluding carboxylic acids is 1. The van der Waals surface area contributed by atoms with Gasteiger partial charge in [-0.3, -0.25) is 4.79 Å². The Morgan fingerprint density at radius 1 is 1.54 bits per heavy atom. The number of fused-ring (bicyclic) bond motifs is 1. The Kier molecular flexibility index (Phi) is 1.65. The van der Waals surface area contributed by atoms with Crippen molar-refractivity contribution in [1.82, 2.24) is 9.97 Å². The molecule has 0 saturated heterocycles. The number of ketones is 1. The molecule has 13 heavy (non-hydrogen) atoms. The summed E-state index contributed by atoms with van der Waals surface area (Å²) in [6.45, 7) is 3.54. The summed E-state index contributed by atoms with van der Waals surface area (Å²) in [5, 5.41) is 0.940. The molecular weight excluding hydrogens is 164 g/mol. The van der Waals surface area contributed by atoms with Gasteiger partial charge in [-0.15, -0.1) is 0 Å².